The van der Waals surface area contributed by atoms with E-state index < -0.39 is 0 Å². The number of rotatable bonds is 7. The Hall–Kier alpha value is -3.28. The van der Waals surface area contributed by atoms with Crippen LogP contribution in [0.2, 0.25) is 0 Å². The second-order valence-electron chi connectivity index (χ2n) is 5.69. The zero-order valence-corrected chi connectivity index (χ0v) is 15.9. The van der Waals surface area contributed by atoms with Crippen molar-refractivity contribution in [2.45, 2.75) is 13.8 Å². The smallest absolute Gasteiger partial charge is 0.338 e. The van der Waals surface area contributed by atoms with Crippen LogP contribution in [0.15, 0.2) is 48.0 Å². The predicted molar refractivity (Wildman–Crippen MR) is 104 cm³/mol. The van der Waals surface area contributed by atoms with Gasteiger partial charge in [-0.15, -0.1) is 0 Å². The van der Waals surface area contributed by atoms with Crippen LogP contribution >= 0.6 is 0 Å². The second kappa shape index (κ2) is 9.43. The van der Waals surface area contributed by atoms with Crippen LogP contribution < -0.4 is 14.8 Å². The van der Waals surface area contributed by atoms with Crippen LogP contribution in [-0.2, 0) is 9.53 Å². The summed E-state index contributed by atoms with van der Waals surface area (Å²) in [5.74, 6) is 0.584. The largest absolute Gasteiger partial charge is 0.493 e. The van der Waals surface area contributed by atoms with Gasteiger partial charge in [-0.2, -0.15) is 0 Å². The lowest BCUT2D eigenvalue weighted by Gasteiger charge is -2.09. The third-order valence-corrected chi connectivity index (χ3v) is 3.80. The van der Waals surface area contributed by atoms with E-state index in [-0.39, 0.29) is 11.9 Å². The van der Waals surface area contributed by atoms with Crippen molar-refractivity contribution in [2.24, 2.45) is 0 Å². The average Bonchev–Trinajstić information content (AvgIpc) is 2.68. The number of ether oxygens (including phenoxy) is 3. The highest BCUT2D eigenvalue weighted by Crippen LogP contribution is 2.28. The van der Waals surface area contributed by atoms with Crippen molar-refractivity contribution in [3.8, 4) is 11.5 Å². The highest BCUT2D eigenvalue weighted by atomic mass is 16.5. The van der Waals surface area contributed by atoms with Crippen LogP contribution in [0.5, 0.6) is 11.5 Å². The Morgan fingerprint density at radius 1 is 1.00 bits per heavy atom. The SMILES string of the molecule is CCOC(=O)c1ccc(NC(=O)/C(C)=C/c2ccc(OC)c(OC)c2)cc1. The summed E-state index contributed by atoms with van der Waals surface area (Å²) in [6.45, 7) is 3.79. The molecule has 1 amide bonds. The first-order chi connectivity index (χ1) is 13.0. The van der Waals surface area contributed by atoms with E-state index in [0.717, 1.165) is 5.56 Å². The maximum absolute atomic E-state index is 12.4. The zero-order valence-electron chi connectivity index (χ0n) is 15.9. The third-order valence-electron chi connectivity index (χ3n) is 3.80. The molecule has 0 fully saturated rings. The van der Waals surface area contributed by atoms with Gasteiger partial charge in [0.15, 0.2) is 11.5 Å². The molecule has 6 nitrogen and oxygen atoms in total. The minimum atomic E-state index is -0.389. The van der Waals surface area contributed by atoms with Gasteiger partial charge >= 0.3 is 5.97 Å². The molecular weight excluding hydrogens is 346 g/mol. The summed E-state index contributed by atoms with van der Waals surface area (Å²) in [5, 5.41) is 2.80. The fourth-order valence-corrected chi connectivity index (χ4v) is 2.39. The van der Waals surface area contributed by atoms with Gasteiger partial charge in [0.1, 0.15) is 0 Å². The van der Waals surface area contributed by atoms with Gasteiger partial charge in [-0.1, -0.05) is 6.07 Å². The summed E-state index contributed by atoms with van der Waals surface area (Å²) < 4.78 is 15.4. The highest BCUT2D eigenvalue weighted by Gasteiger charge is 2.09. The molecular formula is C21H23NO5. The Morgan fingerprint density at radius 2 is 1.67 bits per heavy atom. The van der Waals surface area contributed by atoms with Crippen LogP contribution in [-0.4, -0.2) is 32.7 Å². The summed E-state index contributed by atoms with van der Waals surface area (Å²) in [6, 6.07) is 12.0. The number of carbonyl (C=O) groups is 2. The quantitative estimate of drug-likeness (QED) is 0.591. The van der Waals surface area contributed by atoms with Crippen molar-refractivity contribution in [3.05, 3.63) is 59.2 Å². The number of methoxy groups -OCH3 is 2. The molecule has 0 radical (unpaired) electrons. The summed E-state index contributed by atoms with van der Waals surface area (Å²) in [6.07, 6.45) is 1.75. The third kappa shape index (κ3) is 5.34. The molecule has 6 heteroatoms. The van der Waals surface area contributed by atoms with Gasteiger partial charge in [0.2, 0.25) is 0 Å². The minimum absolute atomic E-state index is 0.242. The molecule has 0 spiro atoms. The molecule has 0 saturated heterocycles. The van der Waals surface area contributed by atoms with Gasteiger partial charge in [0.05, 0.1) is 26.4 Å². The van der Waals surface area contributed by atoms with E-state index in [9.17, 15) is 9.59 Å². The number of anilines is 1. The van der Waals surface area contributed by atoms with Gasteiger partial charge in [0.25, 0.3) is 5.91 Å². The van der Waals surface area contributed by atoms with Gasteiger partial charge in [-0.25, -0.2) is 4.79 Å². The van der Waals surface area contributed by atoms with Gasteiger partial charge in [-0.05, 0) is 61.9 Å². The molecule has 0 heterocycles. The van der Waals surface area contributed by atoms with E-state index in [0.29, 0.717) is 34.9 Å². The molecule has 0 unspecified atom stereocenters. The molecule has 0 aliphatic rings. The highest BCUT2D eigenvalue weighted by molar-refractivity contribution is 6.06. The van der Waals surface area contributed by atoms with E-state index in [2.05, 4.69) is 5.32 Å². The maximum atomic E-state index is 12.4. The molecule has 0 bridgehead atoms. The first kappa shape index (κ1) is 20.0. The van der Waals surface area contributed by atoms with Crippen molar-refractivity contribution in [2.75, 3.05) is 26.1 Å². The van der Waals surface area contributed by atoms with Gasteiger partial charge in [-0.3, -0.25) is 4.79 Å². The number of amides is 1. The molecule has 0 atom stereocenters. The monoisotopic (exact) mass is 369 g/mol. The van der Waals surface area contributed by atoms with Crippen LogP contribution in [0.3, 0.4) is 0 Å². The molecule has 142 valence electrons. The van der Waals surface area contributed by atoms with E-state index in [1.54, 1.807) is 70.5 Å². The van der Waals surface area contributed by atoms with Crippen molar-refractivity contribution in [1.82, 2.24) is 0 Å². The number of hydrogen-bond acceptors (Lipinski definition) is 5. The lowest BCUT2D eigenvalue weighted by Crippen LogP contribution is -2.13. The predicted octanol–water partition coefficient (Wildman–Crippen LogP) is 3.92. The Labute approximate surface area is 158 Å². The van der Waals surface area contributed by atoms with Crippen molar-refractivity contribution < 1.29 is 23.8 Å². The molecule has 2 aromatic carbocycles. The standard InChI is InChI=1S/C21H23NO5/c1-5-27-21(24)16-7-9-17(10-8-16)22-20(23)14(2)12-15-6-11-18(25-3)19(13-15)26-4/h6-13H,5H2,1-4H3,(H,22,23)/b14-12+. The lowest BCUT2D eigenvalue weighted by atomic mass is 10.1. The summed E-state index contributed by atoms with van der Waals surface area (Å²) in [5.41, 5.74) is 2.37. The van der Waals surface area contributed by atoms with E-state index >= 15 is 0 Å². The summed E-state index contributed by atoms with van der Waals surface area (Å²) >= 11 is 0. The Balaban J connectivity index is 2.09. The summed E-state index contributed by atoms with van der Waals surface area (Å²) in [7, 11) is 3.13. The first-order valence-corrected chi connectivity index (χ1v) is 8.47. The molecule has 1 N–H and O–H groups in total. The van der Waals surface area contributed by atoms with Crippen molar-refractivity contribution in [3.63, 3.8) is 0 Å². The fraction of sp³-hybridized carbons (Fsp3) is 0.238. The zero-order chi connectivity index (χ0) is 19.8. The van der Waals surface area contributed by atoms with Crippen LogP contribution in [0.1, 0.15) is 29.8 Å². The Morgan fingerprint density at radius 3 is 2.26 bits per heavy atom. The Bertz CT molecular complexity index is 840. The number of carbonyl (C=O) groups excluding carboxylic acids is 2. The van der Waals surface area contributed by atoms with Crippen molar-refractivity contribution in [1.29, 1.82) is 0 Å². The van der Waals surface area contributed by atoms with Gasteiger partial charge < -0.3 is 19.5 Å². The molecule has 0 aliphatic carbocycles. The average molecular weight is 369 g/mol. The number of nitrogens with one attached hydrogen (secondary N) is 1. The second-order valence-corrected chi connectivity index (χ2v) is 5.69. The molecule has 27 heavy (non-hydrogen) atoms. The maximum Gasteiger partial charge on any atom is 0.338 e. The van der Waals surface area contributed by atoms with Crippen molar-refractivity contribution >= 4 is 23.6 Å². The molecule has 0 saturated carbocycles. The summed E-state index contributed by atoms with van der Waals surface area (Å²) in [4.78, 5) is 24.0. The number of benzene rings is 2. The topological polar surface area (TPSA) is 73.9 Å². The minimum Gasteiger partial charge on any atom is -0.493 e. The first-order valence-electron chi connectivity index (χ1n) is 8.47. The number of esters is 1. The van der Waals surface area contributed by atoms with E-state index in [4.69, 9.17) is 14.2 Å². The molecule has 0 aliphatic heterocycles. The van der Waals surface area contributed by atoms with Crippen LogP contribution in [0, 0.1) is 0 Å². The molecule has 2 rings (SSSR count). The van der Waals surface area contributed by atoms with Gasteiger partial charge in [0, 0.05) is 11.3 Å². The molecule has 0 aromatic heterocycles. The normalized spacial score (nSPS) is 10.9. The lowest BCUT2D eigenvalue weighted by molar-refractivity contribution is -0.112. The molecule has 2 aromatic rings. The van der Waals surface area contributed by atoms with Crippen LogP contribution in [0.25, 0.3) is 6.08 Å². The fourth-order valence-electron chi connectivity index (χ4n) is 2.39. The van der Waals surface area contributed by atoms with E-state index in [1.807, 2.05) is 6.07 Å². The van der Waals surface area contributed by atoms with Crippen LogP contribution in [0.4, 0.5) is 5.69 Å². The Kier molecular flexibility index (Phi) is 7.00. The van der Waals surface area contributed by atoms with E-state index in [1.165, 1.54) is 0 Å². The number of hydrogen-bond donors (Lipinski definition) is 1.